The van der Waals surface area contributed by atoms with Crippen LogP contribution in [0.1, 0.15) is 13.3 Å². The van der Waals surface area contributed by atoms with Gasteiger partial charge in [-0.1, -0.05) is 12.1 Å². The lowest BCUT2D eigenvalue weighted by molar-refractivity contribution is 0.129. The quantitative estimate of drug-likeness (QED) is 0.866. The van der Waals surface area contributed by atoms with Crippen LogP contribution in [0.4, 0.5) is 5.69 Å². The summed E-state index contributed by atoms with van der Waals surface area (Å²) in [6.45, 7) is 4.15. The second-order valence-electron chi connectivity index (χ2n) is 5.19. The van der Waals surface area contributed by atoms with Gasteiger partial charge < -0.3 is 10.1 Å². The minimum Gasteiger partial charge on any atom is -0.485 e. The Balaban J connectivity index is 1.84. The van der Waals surface area contributed by atoms with E-state index in [1.807, 2.05) is 30.0 Å². The van der Waals surface area contributed by atoms with E-state index in [1.165, 1.54) is 12.2 Å². The second-order valence-corrected chi connectivity index (χ2v) is 6.17. The number of anilines is 1. The summed E-state index contributed by atoms with van der Waals surface area (Å²) in [4.78, 5) is 2.40. The van der Waals surface area contributed by atoms with Crippen molar-refractivity contribution in [2.45, 2.75) is 25.5 Å². The second kappa shape index (κ2) is 7.06. The van der Waals surface area contributed by atoms with Crippen molar-refractivity contribution in [1.82, 2.24) is 4.90 Å². The maximum atomic E-state index is 6.05. The van der Waals surface area contributed by atoms with Crippen LogP contribution in [0.2, 0.25) is 0 Å². The Kier molecular flexibility index (Phi) is 5.40. The molecule has 0 spiro atoms. The van der Waals surface area contributed by atoms with Crippen LogP contribution in [0.25, 0.3) is 0 Å². The first-order chi connectivity index (χ1) is 9.20. The average molecular weight is 280 g/mol. The molecule has 4 heteroatoms. The molecule has 0 saturated carbocycles. The molecule has 0 saturated heterocycles. The van der Waals surface area contributed by atoms with E-state index in [-0.39, 0.29) is 6.10 Å². The van der Waals surface area contributed by atoms with Gasteiger partial charge in [0.2, 0.25) is 0 Å². The first-order valence-corrected chi connectivity index (χ1v) is 8.29. The van der Waals surface area contributed by atoms with Gasteiger partial charge in [0.05, 0.1) is 12.2 Å². The molecule has 1 N–H and O–H groups in total. The molecule has 106 valence electrons. The van der Waals surface area contributed by atoms with Crippen molar-refractivity contribution >= 4 is 17.4 Å². The van der Waals surface area contributed by atoms with Gasteiger partial charge in [0, 0.05) is 12.6 Å². The van der Waals surface area contributed by atoms with Crippen molar-refractivity contribution in [2.75, 3.05) is 37.5 Å². The molecule has 3 nitrogen and oxygen atoms in total. The van der Waals surface area contributed by atoms with E-state index in [0.29, 0.717) is 6.04 Å². The first-order valence-electron chi connectivity index (χ1n) is 6.89. The Labute approximate surface area is 120 Å². The van der Waals surface area contributed by atoms with E-state index >= 15 is 0 Å². The maximum absolute atomic E-state index is 6.05. The lowest BCUT2D eigenvalue weighted by Gasteiger charge is -2.32. The fourth-order valence-electron chi connectivity index (χ4n) is 2.27. The van der Waals surface area contributed by atoms with Gasteiger partial charge >= 0.3 is 0 Å². The summed E-state index contributed by atoms with van der Waals surface area (Å²) in [6, 6.07) is 8.76. The zero-order chi connectivity index (χ0) is 13.7. The van der Waals surface area contributed by atoms with E-state index in [0.717, 1.165) is 24.5 Å². The van der Waals surface area contributed by atoms with Gasteiger partial charge in [-0.25, -0.2) is 0 Å². The molecule has 0 aromatic heterocycles. The number of ether oxygens (including phenoxy) is 1. The minimum atomic E-state index is 0.233. The molecule has 0 radical (unpaired) electrons. The van der Waals surface area contributed by atoms with Gasteiger partial charge in [-0.15, -0.1) is 0 Å². The fraction of sp³-hybridized carbons (Fsp3) is 0.600. The molecule has 19 heavy (non-hydrogen) atoms. The van der Waals surface area contributed by atoms with E-state index < -0.39 is 0 Å². The maximum Gasteiger partial charge on any atom is 0.142 e. The number of likely N-dealkylation sites (N-methyl/N-ethyl adjacent to an activating group) is 1. The van der Waals surface area contributed by atoms with Crippen molar-refractivity contribution in [1.29, 1.82) is 0 Å². The average Bonchev–Trinajstić information content (AvgIpc) is 2.44. The molecule has 0 fully saturated rings. The lowest BCUT2D eigenvalue weighted by Crippen LogP contribution is -2.43. The third-order valence-corrected chi connectivity index (χ3v) is 4.33. The molecule has 1 aliphatic rings. The molecule has 1 heterocycles. The number of rotatable bonds is 6. The first kappa shape index (κ1) is 14.5. The number of thioether (sulfide) groups is 1. The summed E-state index contributed by atoms with van der Waals surface area (Å²) in [5.74, 6) is 2.20. The van der Waals surface area contributed by atoms with Crippen molar-refractivity contribution in [3.63, 3.8) is 0 Å². The molecule has 0 amide bonds. The topological polar surface area (TPSA) is 24.5 Å². The van der Waals surface area contributed by atoms with E-state index in [4.69, 9.17) is 4.74 Å². The van der Waals surface area contributed by atoms with Crippen molar-refractivity contribution in [3.8, 4) is 5.75 Å². The van der Waals surface area contributed by atoms with E-state index in [2.05, 4.69) is 36.5 Å². The van der Waals surface area contributed by atoms with Gasteiger partial charge in [0.25, 0.3) is 0 Å². The number of nitrogens with one attached hydrogen (secondary N) is 1. The molecule has 1 aromatic carbocycles. The normalized spacial score (nSPS) is 19.5. The van der Waals surface area contributed by atoms with Gasteiger partial charge in [0.1, 0.15) is 11.9 Å². The molecular weight excluding hydrogens is 256 g/mol. The standard InChI is InChI=1S/C15H24N2OS/c1-12(8-9-19-3)17(2)11-13-10-16-14-6-4-5-7-15(14)18-13/h4-7,12-13,16H,8-11H2,1-3H3. The molecule has 0 aliphatic carbocycles. The Morgan fingerprint density at radius 1 is 1.47 bits per heavy atom. The summed E-state index contributed by atoms with van der Waals surface area (Å²) in [6.07, 6.45) is 3.63. The van der Waals surface area contributed by atoms with Crippen LogP contribution in [0.15, 0.2) is 24.3 Å². The molecule has 2 unspecified atom stereocenters. The predicted octanol–water partition coefficient (Wildman–Crippen LogP) is 2.93. The van der Waals surface area contributed by atoms with Crippen LogP contribution < -0.4 is 10.1 Å². The number of benzene rings is 1. The number of nitrogens with zero attached hydrogens (tertiary/aromatic N) is 1. The largest absolute Gasteiger partial charge is 0.485 e. The third-order valence-electron chi connectivity index (χ3n) is 3.68. The highest BCUT2D eigenvalue weighted by Crippen LogP contribution is 2.28. The number of para-hydroxylation sites is 2. The summed E-state index contributed by atoms with van der Waals surface area (Å²) in [5.41, 5.74) is 1.11. The SMILES string of the molecule is CSCCC(C)N(C)CC1CNc2ccccc2O1. The van der Waals surface area contributed by atoms with Crippen LogP contribution in [0.3, 0.4) is 0 Å². The number of fused-ring (bicyclic) bond motifs is 1. The zero-order valence-electron chi connectivity index (χ0n) is 12.1. The van der Waals surface area contributed by atoms with Crippen LogP contribution >= 0.6 is 11.8 Å². The molecular formula is C15H24N2OS. The Morgan fingerprint density at radius 2 is 2.26 bits per heavy atom. The predicted molar refractivity (Wildman–Crippen MR) is 84.4 cm³/mol. The molecule has 2 rings (SSSR count). The summed E-state index contributed by atoms with van der Waals surface area (Å²) in [7, 11) is 2.19. The van der Waals surface area contributed by atoms with Gasteiger partial charge in [-0.05, 0) is 44.5 Å². The van der Waals surface area contributed by atoms with Crippen LogP contribution in [-0.4, -0.2) is 49.2 Å². The smallest absolute Gasteiger partial charge is 0.142 e. The highest BCUT2D eigenvalue weighted by atomic mass is 32.2. The monoisotopic (exact) mass is 280 g/mol. The molecule has 1 aromatic rings. The van der Waals surface area contributed by atoms with Crippen molar-refractivity contribution in [3.05, 3.63) is 24.3 Å². The van der Waals surface area contributed by atoms with Crippen LogP contribution in [-0.2, 0) is 0 Å². The van der Waals surface area contributed by atoms with E-state index in [9.17, 15) is 0 Å². The highest BCUT2D eigenvalue weighted by Gasteiger charge is 2.21. The number of hydrogen-bond acceptors (Lipinski definition) is 4. The van der Waals surface area contributed by atoms with E-state index in [1.54, 1.807) is 0 Å². The van der Waals surface area contributed by atoms with Gasteiger partial charge in [0.15, 0.2) is 0 Å². The summed E-state index contributed by atoms with van der Waals surface area (Å²) >= 11 is 1.91. The minimum absolute atomic E-state index is 0.233. The fourth-order valence-corrected chi connectivity index (χ4v) is 2.85. The Morgan fingerprint density at radius 3 is 3.05 bits per heavy atom. The Hall–Kier alpha value is -0.870. The summed E-state index contributed by atoms with van der Waals surface area (Å²) < 4.78 is 6.05. The Bertz CT molecular complexity index is 399. The highest BCUT2D eigenvalue weighted by molar-refractivity contribution is 7.98. The summed E-state index contributed by atoms with van der Waals surface area (Å²) in [5, 5.41) is 3.44. The van der Waals surface area contributed by atoms with Crippen LogP contribution in [0, 0.1) is 0 Å². The van der Waals surface area contributed by atoms with Crippen LogP contribution in [0.5, 0.6) is 5.75 Å². The molecule has 0 bridgehead atoms. The third kappa shape index (κ3) is 4.05. The number of hydrogen-bond donors (Lipinski definition) is 1. The molecule has 2 atom stereocenters. The van der Waals surface area contributed by atoms with Crippen molar-refractivity contribution in [2.24, 2.45) is 0 Å². The van der Waals surface area contributed by atoms with Gasteiger partial charge in [-0.3, -0.25) is 4.90 Å². The van der Waals surface area contributed by atoms with Crippen molar-refractivity contribution < 1.29 is 4.74 Å². The van der Waals surface area contributed by atoms with Gasteiger partial charge in [-0.2, -0.15) is 11.8 Å². The zero-order valence-corrected chi connectivity index (χ0v) is 12.9. The molecule has 1 aliphatic heterocycles. The lowest BCUT2D eigenvalue weighted by atomic mass is 10.2.